The Bertz CT molecular complexity index is 491. The molecular formula is C14H22N4O2. The van der Waals surface area contributed by atoms with Gasteiger partial charge in [0.2, 0.25) is 0 Å². The summed E-state index contributed by atoms with van der Waals surface area (Å²) in [6.45, 7) is 6.40. The summed E-state index contributed by atoms with van der Waals surface area (Å²) in [5.41, 5.74) is 1.25. The van der Waals surface area contributed by atoms with E-state index < -0.39 is 0 Å². The van der Waals surface area contributed by atoms with E-state index in [-0.39, 0.29) is 0 Å². The highest BCUT2D eigenvalue weighted by Gasteiger charge is 2.42. The summed E-state index contributed by atoms with van der Waals surface area (Å²) in [5, 5.41) is 7.24. The number of guanidine groups is 1. The fourth-order valence-electron chi connectivity index (χ4n) is 3.09. The highest BCUT2D eigenvalue weighted by Crippen LogP contribution is 2.38. The summed E-state index contributed by atoms with van der Waals surface area (Å²) in [5.74, 6) is 1.77. The van der Waals surface area contributed by atoms with Crippen molar-refractivity contribution in [2.45, 2.75) is 26.3 Å². The molecule has 1 N–H and O–H groups in total. The molecule has 0 amide bonds. The van der Waals surface area contributed by atoms with Crippen molar-refractivity contribution in [1.82, 2.24) is 15.4 Å². The van der Waals surface area contributed by atoms with Gasteiger partial charge in [0.05, 0.1) is 18.8 Å². The molecule has 110 valence electrons. The van der Waals surface area contributed by atoms with Crippen molar-refractivity contribution >= 4 is 5.96 Å². The van der Waals surface area contributed by atoms with Crippen molar-refractivity contribution in [3.05, 3.63) is 17.5 Å². The van der Waals surface area contributed by atoms with Crippen LogP contribution in [0.5, 0.6) is 0 Å². The topological polar surface area (TPSA) is 62.9 Å². The van der Waals surface area contributed by atoms with E-state index in [1.165, 1.54) is 12.8 Å². The van der Waals surface area contributed by atoms with Crippen LogP contribution in [0.25, 0.3) is 0 Å². The summed E-state index contributed by atoms with van der Waals surface area (Å²) in [4.78, 5) is 6.69. The zero-order valence-corrected chi connectivity index (χ0v) is 12.2. The predicted octanol–water partition coefficient (Wildman–Crippen LogP) is 1.17. The first kappa shape index (κ1) is 13.4. The van der Waals surface area contributed by atoms with E-state index in [0.717, 1.165) is 43.7 Å². The molecule has 1 unspecified atom stereocenters. The third kappa shape index (κ3) is 2.65. The van der Waals surface area contributed by atoms with E-state index in [2.05, 4.69) is 20.4 Å². The monoisotopic (exact) mass is 278 g/mol. The third-order valence-corrected chi connectivity index (χ3v) is 4.23. The Labute approximate surface area is 119 Å². The van der Waals surface area contributed by atoms with E-state index in [1.807, 2.05) is 20.0 Å². The average Bonchev–Trinajstić information content (AvgIpc) is 3.15. The number of rotatable bonds is 2. The number of nitrogens with zero attached hydrogens (tertiary/aromatic N) is 3. The van der Waals surface area contributed by atoms with Crippen LogP contribution in [-0.2, 0) is 11.3 Å². The Hall–Kier alpha value is -1.56. The Morgan fingerprint density at radius 1 is 1.55 bits per heavy atom. The van der Waals surface area contributed by atoms with Gasteiger partial charge in [0.25, 0.3) is 0 Å². The van der Waals surface area contributed by atoms with Crippen LogP contribution in [0.2, 0.25) is 0 Å². The highest BCUT2D eigenvalue weighted by molar-refractivity contribution is 5.80. The molecule has 1 aromatic heterocycles. The lowest BCUT2D eigenvalue weighted by Gasteiger charge is -2.24. The van der Waals surface area contributed by atoms with Gasteiger partial charge < -0.3 is 19.5 Å². The Morgan fingerprint density at radius 2 is 2.45 bits per heavy atom. The molecule has 6 nitrogen and oxygen atoms in total. The van der Waals surface area contributed by atoms with Crippen LogP contribution in [-0.4, -0.2) is 49.4 Å². The van der Waals surface area contributed by atoms with Crippen LogP contribution in [0.4, 0.5) is 0 Å². The smallest absolute Gasteiger partial charge is 0.194 e. The number of likely N-dealkylation sites (tertiary alicyclic amines) is 1. The Balaban J connectivity index is 1.57. The molecule has 2 aliphatic heterocycles. The molecule has 0 aromatic carbocycles. The van der Waals surface area contributed by atoms with Crippen molar-refractivity contribution in [2.24, 2.45) is 10.4 Å². The lowest BCUT2D eigenvalue weighted by Crippen LogP contribution is -2.41. The number of hydrogen-bond acceptors (Lipinski definition) is 4. The summed E-state index contributed by atoms with van der Waals surface area (Å²) in [7, 11) is 1.82. The lowest BCUT2D eigenvalue weighted by molar-refractivity contribution is 0.156. The van der Waals surface area contributed by atoms with Crippen LogP contribution in [0.1, 0.15) is 24.3 Å². The van der Waals surface area contributed by atoms with Gasteiger partial charge in [-0.3, -0.25) is 4.99 Å². The molecule has 6 heteroatoms. The fourth-order valence-corrected chi connectivity index (χ4v) is 3.09. The van der Waals surface area contributed by atoms with E-state index >= 15 is 0 Å². The van der Waals surface area contributed by atoms with Gasteiger partial charge in [-0.1, -0.05) is 5.16 Å². The molecule has 0 radical (unpaired) electrons. The lowest BCUT2D eigenvalue weighted by atomic mass is 9.87. The molecule has 0 bridgehead atoms. The zero-order valence-electron chi connectivity index (χ0n) is 12.2. The first-order valence-electron chi connectivity index (χ1n) is 7.16. The summed E-state index contributed by atoms with van der Waals surface area (Å²) in [6.07, 6.45) is 2.36. The molecule has 0 saturated carbocycles. The second-order valence-corrected chi connectivity index (χ2v) is 5.81. The highest BCUT2D eigenvalue weighted by atomic mass is 16.5. The Morgan fingerprint density at radius 3 is 3.10 bits per heavy atom. The number of hydrogen-bond donors (Lipinski definition) is 1. The standard InChI is InChI=1S/C14H22N4O2/c1-11-7-12(20-17-11)8-16-13(15-2)18-5-3-14(9-18)4-6-19-10-14/h7H,3-6,8-10H2,1-2H3,(H,15,16). The van der Waals surface area contributed by atoms with E-state index in [1.54, 1.807) is 0 Å². The van der Waals surface area contributed by atoms with Crippen LogP contribution in [0, 0.1) is 12.3 Å². The first-order chi connectivity index (χ1) is 9.71. The zero-order chi connectivity index (χ0) is 14.0. The van der Waals surface area contributed by atoms with Crippen LogP contribution in [0.15, 0.2) is 15.6 Å². The summed E-state index contributed by atoms with van der Waals surface area (Å²) < 4.78 is 10.8. The molecule has 20 heavy (non-hydrogen) atoms. The number of aryl methyl sites for hydroxylation is 1. The molecule has 1 atom stereocenters. The van der Waals surface area contributed by atoms with Crippen LogP contribution < -0.4 is 5.32 Å². The van der Waals surface area contributed by atoms with Crippen LogP contribution >= 0.6 is 0 Å². The van der Waals surface area contributed by atoms with Gasteiger partial charge in [0.15, 0.2) is 11.7 Å². The summed E-state index contributed by atoms with van der Waals surface area (Å²) in [6, 6.07) is 1.94. The normalized spacial score (nSPS) is 26.7. The molecule has 2 saturated heterocycles. The van der Waals surface area contributed by atoms with Crippen molar-refractivity contribution < 1.29 is 9.26 Å². The van der Waals surface area contributed by atoms with Crippen LogP contribution in [0.3, 0.4) is 0 Å². The van der Waals surface area contributed by atoms with E-state index in [4.69, 9.17) is 9.26 Å². The number of aliphatic imine (C=N–C) groups is 1. The summed E-state index contributed by atoms with van der Waals surface area (Å²) >= 11 is 0. The minimum absolute atomic E-state index is 0.348. The average molecular weight is 278 g/mol. The van der Waals surface area contributed by atoms with Crippen molar-refractivity contribution in [2.75, 3.05) is 33.4 Å². The molecule has 0 aliphatic carbocycles. The predicted molar refractivity (Wildman–Crippen MR) is 75.5 cm³/mol. The third-order valence-electron chi connectivity index (χ3n) is 4.23. The quantitative estimate of drug-likeness (QED) is 0.650. The van der Waals surface area contributed by atoms with Gasteiger partial charge in [-0.15, -0.1) is 0 Å². The maximum atomic E-state index is 5.57. The van der Waals surface area contributed by atoms with Gasteiger partial charge in [-0.25, -0.2) is 0 Å². The van der Waals surface area contributed by atoms with Gasteiger partial charge in [0.1, 0.15) is 0 Å². The molecule has 1 aromatic rings. The van der Waals surface area contributed by atoms with Gasteiger partial charge in [-0.2, -0.15) is 0 Å². The van der Waals surface area contributed by atoms with E-state index in [0.29, 0.717) is 12.0 Å². The number of nitrogens with one attached hydrogen (secondary N) is 1. The molecule has 1 spiro atoms. The fraction of sp³-hybridized carbons (Fsp3) is 0.714. The minimum atomic E-state index is 0.348. The van der Waals surface area contributed by atoms with Gasteiger partial charge in [0, 0.05) is 38.2 Å². The maximum absolute atomic E-state index is 5.57. The minimum Gasteiger partial charge on any atom is -0.381 e. The van der Waals surface area contributed by atoms with Gasteiger partial charge >= 0.3 is 0 Å². The molecule has 3 rings (SSSR count). The molecule has 2 aliphatic rings. The maximum Gasteiger partial charge on any atom is 0.194 e. The SMILES string of the molecule is CN=C(NCc1cc(C)no1)N1CCC2(CCOC2)C1. The molecular weight excluding hydrogens is 256 g/mol. The molecule has 2 fully saturated rings. The van der Waals surface area contributed by atoms with E-state index in [9.17, 15) is 0 Å². The number of ether oxygens (including phenoxy) is 1. The first-order valence-corrected chi connectivity index (χ1v) is 7.16. The second kappa shape index (κ2) is 5.44. The Kier molecular flexibility index (Phi) is 3.65. The number of aromatic nitrogens is 1. The van der Waals surface area contributed by atoms with Crippen molar-refractivity contribution in [3.63, 3.8) is 0 Å². The molecule has 3 heterocycles. The van der Waals surface area contributed by atoms with Crippen molar-refractivity contribution in [1.29, 1.82) is 0 Å². The van der Waals surface area contributed by atoms with Gasteiger partial charge in [-0.05, 0) is 19.8 Å². The second-order valence-electron chi connectivity index (χ2n) is 5.81. The van der Waals surface area contributed by atoms with Crippen molar-refractivity contribution in [3.8, 4) is 0 Å². The largest absolute Gasteiger partial charge is 0.381 e.